The molecule has 3 aromatic rings. The van der Waals surface area contributed by atoms with Gasteiger partial charge in [0.15, 0.2) is 11.5 Å². The Balaban J connectivity index is 1.32. The van der Waals surface area contributed by atoms with Gasteiger partial charge in [-0.05, 0) is 85.4 Å². The van der Waals surface area contributed by atoms with Gasteiger partial charge in [0.2, 0.25) is 10.0 Å². The molecular weight excluding hydrogens is 573 g/mol. The molecule has 9 nitrogen and oxygen atoms in total. The largest absolute Gasteiger partial charge is 0.489 e. The first kappa shape index (κ1) is 29.8. The number of pyridine rings is 1. The molecule has 0 unspecified atom stereocenters. The zero-order valence-electron chi connectivity index (χ0n) is 23.2. The van der Waals surface area contributed by atoms with Gasteiger partial charge in [-0.25, -0.2) is 27.2 Å². The van der Waals surface area contributed by atoms with Crippen LogP contribution in [0, 0.1) is 6.92 Å². The van der Waals surface area contributed by atoms with Crippen molar-refractivity contribution in [3.05, 3.63) is 76.2 Å². The third-order valence-electron chi connectivity index (χ3n) is 7.86. The van der Waals surface area contributed by atoms with Crippen LogP contribution in [0.15, 0.2) is 48.2 Å². The number of carboxylic acids is 1. The average Bonchev–Trinajstić information content (AvgIpc) is 3.60. The molecule has 0 radical (unpaired) electrons. The van der Waals surface area contributed by atoms with Gasteiger partial charge in [-0.15, -0.1) is 0 Å². The zero-order chi connectivity index (χ0) is 30.2. The number of allylic oxidation sites excluding steroid dienone is 1. The summed E-state index contributed by atoms with van der Waals surface area (Å²) in [5, 5.41) is 12.9. The van der Waals surface area contributed by atoms with Gasteiger partial charge in [-0.3, -0.25) is 0 Å². The van der Waals surface area contributed by atoms with Crippen LogP contribution in [0.5, 0.6) is 5.75 Å². The van der Waals surface area contributed by atoms with Crippen LogP contribution >= 0.6 is 0 Å². The number of aromatic carboxylic acids is 1. The Morgan fingerprint density at radius 3 is 2.52 bits per heavy atom. The summed E-state index contributed by atoms with van der Waals surface area (Å²) in [4.78, 5) is 15.8. The highest BCUT2D eigenvalue weighted by Gasteiger charge is 2.41. The Labute approximate surface area is 241 Å². The quantitative estimate of drug-likeness (QED) is 0.364. The fraction of sp³-hybridized carbons (Fsp3) is 0.414. The van der Waals surface area contributed by atoms with Crippen molar-refractivity contribution in [2.45, 2.75) is 51.1 Å². The third kappa shape index (κ3) is 6.21. The van der Waals surface area contributed by atoms with Crippen molar-refractivity contribution < 1.29 is 36.2 Å². The summed E-state index contributed by atoms with van der Waals surface area (Å²) in [6.07, 6.45) is 0.796. The van der Waals surface area contributed by atoms with Crippen LogP contribution in [0.3, 0.4) is 0 Å². The fourth-order valence-electron chi connectivity index (χ4n) is 5.71. The molecule has 2 aliphatic rings. The Hall–Kier alpha value is -3.71. The monoisotopic (exact) mass is 604 g/mol. The Kier molecular flexibility index (Phi) is 8.17. The predicted octanol–water partition coefficient (Wildman–Crippen LogP) is 5.45. The van der Waals surface area contributed by atoms with Crippen LogP contribution in [0.25, 0.3) is 11.4 Å². The molecule has 13 heteroatoms. The molecule has 0 amide bonds. The molecule has 1 aliphatic heterocycles. The molecule has 42 heavy (non-hydrogen) atoms. The van der Waals surface area contributed by atoms with Gasteiger partial charge in [-0.2, -0.15) is 18.3 Å². The van der Waals surface area contributed by atoms with E-state index in [1.54, 1.807) is 12.1 Å². The summed E-state index contributed by atoms with van der Waals surface area (Å²) in [5.41, 5.74) is 2.18. The predicted molar refractivity (Wildman–Crippen MR) is 149 cm³/mol. The number of aromatic nitrogens is 3. The lowest BCUT2D eigenvalue weighted by Crippen LogP contribution is -2.37. The third-order valence-corrected chi connectivity index (χ3v) is 9.16. The van der Waals surface area contributed by atoms with Crippen molar-refractivity contribution in [2.75, 3.05) is 26.0 Å². The number of halogens is 3. The maximum absolute atomic E-state index is 13.7. The van der Waals surface area contributed by atoms with E-state index >= 15 is 0 Å². The van der Waals surface area contributed by atoms with Gasteiger partial charge >= 0.3 is 12.1 Å². The fourth-order valence-corrected chi connectivity index (χ4v) is 6.58. The summed E-state index contributed by atoms with van der Waals surface area (Å²) < 4.78 is 73.0. The SMILES string of the molecule is Cc1cc(C2CCN(S(C)(=O)=O)CC2)ccc1OCC1=C(c2cccc(-n3ncc(C(=O)O)c3C(F)(F)F)n2)CCC1. The minimum atomic E-state index is -4.94. The first-order valence-corrected chi connectivity index (χ1v) is 15.4. The molecule has 1 saturated heterocycles. The van der Waals surface area contributed by atoms with Gasteiger partial charge < -0.3 is 9.84 Å². The number of carbonyl (C=O) groups is 1. The van der Waals surface area contributed by atoms with E-state index in [1.807, 2.05) is 19.1 Å². The van der Waals surface area contributed by atoms with Crippen molar-refractivity contribution in [2.24, 2.45) is 0 Å². The van der Waals surface area contributed by atoms with E-state index in [1.165, 1.54) is 16.6 Å². The van der Waals surface area contributed by atoms with Crippen LogP contribution in [0.2, 0.25) is 0 Å². The lowest BCUT2D eigenvalue weighted by atomic mass is 9.89. The van der Waals surface area contributed by atoms with Crippen molar-refractivity contribution in [1.29, 1.82) is 0 Å². The van der Waals surface area contributed by atoms with E-state index in [0.717, 1.165) is 53.7 Å². The van der Waals surface area contributed by atoms with Crippen LogP contribution in [-0.2, 0) is 16.2 Å². The van der Waals surface area contributed by atoms with E-state index in [4.69, 9.17) is 4.74 Å². The van der Waals surface area contributed by atoms with Crippen molar-refractivity contribution in [3.8, 4) is 11.6 Å². The lowest BCUT2D eigenvalue weighted by Gasteiger charge is -2.30. The standard InChI is InChI=1S/C29H31F3N4O5S/c1-18-15-20(19-11-13-35(14-12-19)42(2,39)40)9-10-25(18)41-17-21-5-3-6-22(21)24-7-4-8-26(34-24)36-27(29(30,31)32)23(16-33-36)28(37)38/h4,7-10,15-16,19H,3,5-6,11-14,17H2,1-2H3,(H,37,38). The van der Waals surface area contributed by atoms with Crippen molar-refractivity contribution in [1.82, 2.24) is 19.1 Å². The number of aryl methyl sites for hydroxylation is 1. The maximum atomic E-state index is 13.7. The van der Waals surface area contributed by atoms with Gasteiger partial charge in [0.05, 0.1) is 18.1 Å². The highest BCUT2D eigenvalue weighted by molar-refractivity contribution is 7.88. The van der Waals surface area contributed by atoms with E-state index in [0.29, 0.717) is 42.7 Å². The molecule has 1 fully saturated rings. The average molecular weight is 605 g/mol. The number of hydrogen-bond donors (Lipinski definition) is 1. The molecule has 5 rings (SSSR count). The first-order chi connectivity index (χ1) is 19.8. The number of ether oxygens (including phenoxy) is 1. The summed E-state index contributed by atoms with van der Waals surface area (Å²) in [6.45, 7) is 3.28. The summed E-state index contributed by atoms with van der Waals surface area (Å²) in [5.74, 6) is -0.845. The molecule has 0 bridgehead atoms. The maximum Gasteiger partial charge on any atom is 0.434 e. The van der Waals surface area contributed by atoms with Crippen LogP contribution in [-0.4, -0.2) is 64.5 Å². The number of hydrogen-bond acceptors (Lipinski definition) is 6. The minimum absolute atomic E-state index is 0.124. The zero-order valence-corrected chi connectivity index (χ0v) is 24.0. The number of piperidine rings is 1. The number of sulfonamides is 1. The summed E-state index contributed by atoms with van der Waals surface area (Å²) in [7, 11) is -3.18. The number of alkyl halides is 3. The lowest BCUT2D eigenvalue weighted by molar-refractivity contribution is -0.143. The van der Waals surface area contributed by atoms with E-state index in [2.05, 4.69) is 16.1 Å². The topological polar surface area (TPSA) is 115 Å². The summed E-state index contributed by atoms with van der Waals surface area (Å²) in [6, 6.07) is 10.7. The smallest absolute Gasteiger partial charge is 0.434 e. The Morgan fingerprint density at radius 1 is 1.14 bits per heavy atom. The van der Waals surface area contributed by atoms with Crippen LogP contribution in [0.1, 0.15) is 70.9 Å². The van der Waals surface area contributed by atoms with Gasteiger partial charge in [-0.1, -0.05) is 18.2 Å². The Bertz CT molecular complexity index is 1640. The van der Waals surface area contributed by atoms with Crippen LogP contribution in [0.4, 0.5) is 13.2 Å². The molecule has 0 atom stereocenters. The second-order valence-electron chi connectivity index (χ2n) is 10.7. The van der Waals surface area contributed by atoms with Gasteiger partial charge in [0.25, 0.3) is 0 Å². The molecule has 3 heterocycles. The minimum Gasteiger partial charge on any atom is -0.489 e. The van der Waals surface area contributed by atoms with Crippen LogP contribution < -0.4 is 4.74 Å². The van der Waals surface area contributed by atoms with Crippen molar-refractivity contribution >= 4 is 21.6 Å². The molecule has 224 valence electrons. The number of rotatable bonds is 8. The highest BCUT2D eigenvalue weighted by atomic mass is 32.2. The number of benzene rings is 1. The molecule has 1 aromatic carbocycles. The van der Waals surface area contributed by atoms with E-state index in [9.17, 15) is 31.5 Å². The highest BCUT2D eigenvalue weighted by Crippen LogP contribution is 2.37. The van der Waals surface area contributed by atoms with E-state index in [-0.39, 0.29) is 11.7 Å². The molecule has 0 saturated carbocycles. The van der Waals surface area contributed by atoms with Crippen molar-refractivity contribution in [3.63, 3.8) is 0 Å². The first-order valence-electron chi connectivity index (χ1n) is 13.6. The number of nitrogens with zero attached hydrogens (tertiary/aromatic N) is 4. The van der Waals surface area contributed by atoms with Gasteiger partial charge in [0, 0.05) is 13.1 Å². The molecule has 0 spiro atoms. The molecule has 1 aliphatic carbocycles. The van der Waals surface area contributed by atoms with Gasteiger partial charge in [0.1, 0.15) is 17.9 Å². The second-order valence-corrected chi connectivity index (χ2v) is 12.7. The second kappa shape index (κ2) is 11.5. The molecular formula is C29H31F3N4O5S. The van der Waals surface area contributed by atoms with E-state index < -0.39 is 33.4 Å². The molecule has 2 aromatic heterocycles. The normalized spacial score (nSPS) is 17.2. The summed E-state index contributed by atoms with van der Waals surface area (Å²) >= 11 is 0. The molecule has 1 N–H and O–H groups in total. The number of carboxylic acid groups (broad SMARTS) is 1. The Morgan fingerprint density at radius 2 is 1.88 bits per heavy atom.